The summed E-state index contributed by atoms with van der Waals surface area (Å²) in [5.74, 6) is 0.356. The summed E-state index contributed by atoms with van der Waals surface area (Å²) in [4.78, 5) is 26.2. The lowest BCUT2D eigenvalue weighted by Gasteiger charge is -2.34. The van der Waals surface area contributed by atoms with Gasteiger partial charge >= 0.3 is 18.1 Å². The third-order valence-corrected chi connectivity index (χ3v) is 3.37. The van der Waals surface area contributed by atoms with Gasteiger partial charge in [-0.15, -0.1) is 4.98 Å². The molecular formula is C15H25N5O4. The van der Waals surface area contributed by atoms with Gasteiger partial charge in [-0.3, -0.25) is 0 Å². The Kier molecular flexibility index (Phi) is 5.63. The lowest BCUT2D eigenvalue weighted by atomic mass is 10.1. The maximum Gasteiger partial charge on any atom is 0.410 e. The number of nitrogens with zero attached hydrogens (tertiary/aromatic N) is 4. The summed E-state index contributed by atoms with van der Waals surface area (Å²) < 4.78 is 15.5. The minimum Gasteiger partial charge on any atom is -0.467 e. The van der Waals surface area contributed by atoms with Crippen LogP contribution in [0.2, 0.25) is 0 Å². The lowest BCUT2D eigenvalue weighted by molar-refractivity contribution is 0.0206. The van der Waals surface area contributed by atoms with Crippen molar-refractivity contribution in [2.75, 3.05) is 32.6 Å². The number of anilines is 1. The van der Waals surface area contributed by atoms with Crippen molar-refractivity contribution in [2.24, 2.45) is 0 Å². The second kappa shape index (κ2) is 7.50. The van der Waals surface area contributed by atoms with E-state index in [0.29, 0.717) is 19.0 Å². The van der Waals surface area contributed by atoms with Crippen molar-refractivity contribution in [1.82, 2.24) is 19.9 Å². The first kappa shape index (κ1) is 18.0. The first-order valence-corrected chi connectivity index (χ1v) is 7.89. The molecule has 0 unspecified atom stereocenters. The van der Waals surface area contributed by atoms with Crippen LogP contribution in [0.5, 0.6) is 12.0 Å². The molecule has 1 aromatic heterocycles. The molecule has 1 aliphatic heterocycles. The highest BCUT2D eigenvalue weighted by molar-refractivity contribution is 5.68. The Morgan fingerprint density at radius 2 is 1.79 bits per heavy atom. The third kappa shape index (κ3) is 5.10. The molecule has 1 atom stereocenters. The number of nitrogens with one attached hydrogen (secondary N) is 1. The zero-order chi connectivity index (χ0) is 17.7. The number of hydrogen-bond acceptors (Lipinski definition) is 8. The number of aromatic nitrogens is 3. The first-order chi connectivity index (χ1) is 11.3. The summed E-state index contributed by atoms with van der Waals surface area (Å²) in [6.07, 6.45) is 1.46. The van der Waals surface area contributed by atoms with Gasteiger partial charge in [0.25, 0.3) is 0 Å². The molecule has 1 aromatic rings. The van der Waals surface area contributed by atoms with Crippen molar-refractivity contribution in [3.05, 3.63) is 0 Å². The number of carbonyl (C=O) groups is 1. The summed E-state index contributed by atoms with van der Waals surface area (Å²) >= 11 is 0. The average Bonchev–Trinajstić information content (AvgIpc) is 2.53. The fourth-order valence-electron chi connectivity index (χ4n) is 2.35. The van der Waals surface area contributed by atoms with Gasteiger partial charge in [0.05, 0.1) is 14.2 Å². The summed E-state index contributed by atoms with van der Waals surface area (Å²) in [7, 11) is 2.95. The predicted octanol–water partition coefficient (Wildman–Crippen LogP) is 1.70. The van der Waals surface area contributed by atoms with Crippen molar-refractivity contribution < 1.29 is 19.0 Å². The SMILES string of the molecule is COc1nc(N[C@H]2CCCN(C(=O)OC(C)(C)C)C2)nc(OC)n1. The van der Waals surface area contributed by atoms with Gasteiger partial charge in [-0.1, -0.05) is 0 Å². The standard InChI is InChI=1S/C15H25N5O4/c1-15(2,3)24-14(21)20-8-6-7-10(9-20)16-11-17-12(22-4)19-13(18-11)23-5/h10H,6-9H2,1-5H3,(H,16,17,18,19)/t10-/m0/s1. The number of piperidine rings is 1. The molecule has 1 saturated heterocycles. The van der Waals surface area contributed by atoms with E-state index in [-0.39, 0.29) is 24.2 Å². The number of carbonyl (C=O) groups excluding carboxylic acids is 1. The zero-order valence-electron chi connectivity index (χ0n) is 14.8. The largest absolute Gasteiger partial charge is 0.467 e. The maximum atomic E-state index is 12.2. The summed E-state index contributed by atoms with van der Waals surface area (Å²) in [6.45, 7) is 6.76. The van der Waals surface area contributed by atoms with E-state index in [1.807, 2.05) is 20.8 Å². The average molecular weight is 339 g/mol. The molecule has 0 radical (unpaired) electrons. The first-order valence-electron chi connectivity index (χ1n) is 7.89. The highest BCUT2D eigenvalue weighted by atomic mass is 16.6. The van der Waals surface area contributed by atoms with Crippen LogP contribution in [0.1, 0.15) is 33.6 Å². The molecule has 0 saturated carbocycles. The molecule has 0 bridgehead atoms. The van der Waals surface area contributed by atoms with E-state index in [1.54, 1.807) is 4.90 Å². The van der Waals surface area contributed by atoms with E-state index in [2.05, 4.69) is 20.3 Å². The van der Waals surface area contributed by atoms with Crippen LogP contribution in [0.4, 0.5) is 10.7 Å². The fourth-order valence-corrected chi connectivity index (χ4v) is 2.35. The van der Waals surface area contributed by atoms with Crippen LogP contribution in [-0.2, 0) is 4.74 Å². The van der Waals surface area contributed by atoms with E-state index in [4.69, 9.17) is 14.2 Å². The molecule has 2 heterocycles. The van der Waals surface area contributed by atoms with Crippen molar-refractivity contribution in [1.29, 1.82) is 0 Å². The second-order valence-corrected chi connectivity index (χ2v) is 6.54. The van der Waals surface area contributed by atoms with Crippen LogP contribution in [0.15, 0.2) is 0 Å². The van der Waals surface area contributed by atoms with E-state index in [1.165, 1.54) is 14.2 Å². The molecule has 2 rings (SSSR count). The van der Waals surface area contributed by atoms with Gasteiger partial charge in [-0.2, -0.15) is 9.97 Å². The third-order valence-electron chi connectivity index (χ3n) is 3.37. The molecule has 9 heteroatoms. The Morgan fingerprint density at radius 1 is 1.17 bits per heavy atom. The van der Waals surface area contributed by atoms with Crippen molar-refractivity contribution in [3.63, 3.8) is 0 Å². The molecular weight excluding hydrogens is 314 g/mol. The molecule has 1 N–H and O–H groups in total. The van der Waals surface area contributed by atoms with Gasteiger partial charge in [-0.05, 0) is 33.6 Å². The minimum absolute atomic E-state index is 0.0167. The van der Waals surface area contributed by atoms with E-state index in [9.17, 15) is 4.79 Å². The number of likely N-dealkylation sites (tertiary alicyclic amines) is 1. The number of methoxy groups -OCH3 is 2. The quantitative estimate of drug-likeness (QED) is 0.885. The smallest absolute Gasteiger partial charge is 0.410 e. The van der Waals surface area contributed by atoms with E-state index in [0.717, 1.165) is 12.8 Å². The van der Waals surface area contributed by atoms with Gasteiger partial charge in [0.2, 0.25) is 5.95 Å². The predicted molar refractivity (Wildman–Crippen MR) is 87.4 cm³/mol. The van der Waals surface area contributed by atoms with Crippen LogP contribution in [0.25, 0.3) is 0 Å². The van der Waals surface area contributed by atoms with Crippen molar-refractivity contribution in [2.45, 2.75) is 45.3 Å². The Labute approximate surface area is 141 Å². The lowest BCUT2D eigenvalue weighted by Crippen LogP contribution is -2.47. The van der Waals surface area contributed by atoms with Gasteiger partial charge < -0.3 is 24.4 Å². The maximum absolute atomic E-state index is 12.2. The molecule has 9 nitrogen and oxygen atoms in total. The van der Waals surface area contributed by atoms with Gasteiger partial charge in [0, 0.05) is 19.1 Å². The summed E-state index contributed by atoms with van der Waals surface area (Å²) in [5, 5.41) is 3.21. The van der Waals surface area contributed by atoms with Crippen molar-refractivity contribution in [3.8, 4) is 12.0 Å². The van der Waals surface area contributed by atoms with Crippen LogP contribution < -0.4 is 14.8 Å². The molecule has 0 aliphatic carbocycles. The molecule has 134 valence electrons. The van der Waals surface area contributed by atoms with Gasteiger partial charge in [-0.25, -0.2) is 4.79 Å². The van der Waals surface area contributed by atoms with Crippen LogP contribution >= 0.6 is 0 Å². The molecule has 1 fully saturated rings. The number of rotatable bonds is 4. The Hall–Kier alpha value is -2.32. The van der Waals surface area contributed by atoms with Crippen LogP contribution in [0.3, 0.4) is 0 Å². The normalized spacial score (nSPS) is 18.0. The molecule has 0 spiro atoms. The number of hydrogen-bond donors (Lipinski definition) is 1. The highest BCUT2D eigenvalue weighted by Crippen LogP contribution is 2.19. The van der Waals surface area contributed by atoms with Gasteiger partial charge in [0.15, 0.2) is 0 Å². The highest BCUT2D eigenvalue weighted by Gasteiger charge is 2.28. The molecule has 1 amide bonds. The summed E-state index contributed by atoms with van der Waals surface area (Å²) in [5.41, 5.74) is -0.508. The molecule has 0 aromatic carbocycles. The Balaban J connectivity index is 2.01. The van der Waals surface area contributed by atoms with Crippen molar-refractivity contribution >= 4 is 12.0 Å². The minimum atomic E-state index is -0.508. The topological polar surface area (TPSA) is 98.7 Å². The fraction of sp³-hybridized carbons (Fsp3) is 0.733. The second-order valence-electron chi connectivity index (χ2n) is 6.54. The number of amides is 1. The molecule has 24 heavy (non-hydrogen) atoms. The molecule has 1 aliphatic rings. The van der Waals surface area contributed by atoms with E-state index >= 15 is 0 Å². The van der Waals surface area contributed by atoms with Gasteiger partial charge in [0.1, 0.15) is 5.60 Å². The van der Waals surface area contributed by atoms with Crippen LogP contribution in [0, 0.1) is 0 Å². The Bertz CT molecular complexity index is 553. The monoisotopic (exact) mass is 339 g/mol. The van der Waals surface area contributed by atoms with E-state index < -0.39 is 5.60 Å². The number of ether oxygens (including phenoxy) is 3. The Morgan fingerprint density at radius 3 is 2.33 bits per heavy atom. The summed E-state index contributed by atoms with van der Waals surface area (Å²) in [6, 6.07) is 0.358. The zero-order valence-corrected chi connectivity index (χ0v) is 14.8. The van der Waals surface area contributed by atoms with Crippen LogP contribution in [-0.4, -0.2) is 64.9 Å².